The van der Waals surface area contributed by atoms with Crippen molar-refractivity contribution in [3.05, 3.63) is 46.3 Å². The molecule has 1 aliphatic heterocycles. The van der Waals surface area contributed by atoms with E-state index in [0.29, 0.717) is 11.0 Å². The van der Waals surface area contributed by atoms with Gasteiger partial charge in [0.05, 0.1) is 5.39 Å². The number of amides is 1. The molecular weight excluding hydrogens is 254 g/mol. The van der Waals surface area contributed by atoms with Gasteiger partial charge in [0, 0.05) is 18.7 Å². The minimum Gasteiger partial charge on any atom is -0.451 e. The van der Waals surface area contributed by atoms with Crippen molar-refractivity contribution in [3.8, 4) is 0 Å². The van der Waals surface area contributed by atoms with E-state index in [2.05, 4.69) is 0 Å². The second kappa shape index (κ2) is 5.12. The van der Waals surface area contributed by atoms with Crippen LogP contribution in [0.2, 0.25) is 0 Å². The van der Waals surface area contributed by atoms with E-state index in [1.54, 1.807) is 29.2 Å². The summed E-state index contributed by atoms with van der Waals surface area (Å²) in [7, 11) is 0. The van der Waals surface area contributed by atoms with Gasteiger partial charge in [0.15, 0.2) is 11.2 Å². The fourth-order valence-electron chi connectivity index (χ4n) is 2.75. The van der Waals surface area contributed by atoms with Crippen LogP contribution in [0.4, 0.5) is 0 Å². The lowest BCUT2D eigenvalue weighted by Crippen LogP contribution is -2.42. The van der Waals surface area contributed by atoms with Crippen molar-refractivity contribution in [3.63, 3.8) is 0 Å². The molecule has 1 atom stereocenters. The van der Waals surface area contributed by atoms with Crippen LogP contribution in [0.15, 0.2) is 39.5 Å². The van der Waals surface area contributed by atoms with E-state index in [1.807, 2.05) is 6.92 Å². The van der Waals surface area contributed by atoms with Gasteiger partial charge in [-0.05, 0) is 38.3 Å². The van der Waals surface area contributed by atoms with Gasteiger partial charge < -0.3 is 9.32 Å². The molecule has 104 valence electrons. The molecule has 0 N–H and O–H groups in total. The highest BCUT2D eigenvalue weighted by Crippen LogP contribution is 2.20. The van der Waals surface area contributed by atoms with Crippen LogP contribution in [0.5, 0.6) is 0 Å². The summed E-state index contributed by atoms with van der Waals surface area (Å²) in [4.78, 5) is 26.3. The van der Waals surface area contributed by atoms with Gasteiger partial charge in [0.1, 0.15) is 5.58 Å². The summed E-state index contributed by atoms with van der Waals surface area (Å²) in [5.41, 5.74) is 0.299. The minimum atomic E-state index is -0.181. The summed E-state index contributed by atoms with van der Waals surface area (Å²) in [6.07, 6.45) is 3.16. The van der Waals surface area contributed by atoms with E-state index >= 15 is 0 Å². The minimum absolute atomic E-state index is 0.141. The Balaban J connectivity index is 2.01. The summed E-state index contributed by atoms with van der Waals surface area (Å²) in [6, 6.07) is 8.52. The quantitative estimate of drug-likeness (QED) is 0.801. The highest BCUT2D eigenvalue weighted by molar-refractivity contribution is 5.93. The lowest BCUT2D eigenvalue weighted by molar-refractivity contribution is 0.0603. The fourth-order valence-corrected chi connectivity index (χ4v) is 2.75. The van der Waals surface area contributed by atoms with Gasteiger partial charge >= 0.3 is 0 Å². The van der Waals surface area contributed by atoms with Gasteiger partial charge in [-0.3, -0.25) is 9.59 Å². The lowest BCUT2D eigenvalue weighted by Gasteiger charge is -2.32. The smallest absolute Gasteiger partial charge is 0.289 e. The maximum atomic E-state index is 12.5. The third-order valence-electron chi connectivity index (χ3n) is 3.91. The van der Waals surface area contributed by atoms with E-state index in [1.165, 1.54) is 6.07 Å². The van der Waals surface area contributed by atoms with E-state index < -0.39 is 0 Å². The molecule has 1 saturated heterocycles. The van der Waals surface area contributed by atoms with Gasteiger partial charge in [-0.1, -0.05) is 12.1 Å². The first-order valence-electron chi connectivity index (χ1n) is 7.00. The highest BCUT2D eigenvalue weighted by Gasteiger charge is 2.26. The predicted molar refractivity (Wildman–Crippen MR) is 76.8 cm³/mol. The number of nitrogens with zero attached hydrogens (tertiary/aromatic N) is 1. The molecule has 0 bridgehead atoms. The number of hydrogen-bond acceptors (Lipinski definition) is 3. The molecule has 4 heteroatoms. The number of piperidine rings is 1. The molecule has 1 fully saturated rings. The zero-order valence-electron chi connectivity index (χ0n) is 11.5. The number of para-hydroxylation sites is 1. The number of rotatable bonds is 1. The van der Waals surface area contributed by atoms with Crippen LogP contribution in [0.3, 0.4) is 0 Å². The Morgan fingerprint density at radius 1 is 1.30 bits per heavy atom. The summed E-state index contributed by atoms with van der Waals surface area (Å²) in [5, 5.41) is 0.510. The van der Waals surface area contributed by atoms with Crippen molar-refractivity contribution in [2.24, 2.45) is 0 Å². The Morgan fingerprint density at radius 2 is 2.10 bits per heavy atom. The van der Waals surface area contributed by atoms with Crippen LogP contribution in [-0.2, 0) is 0 Å². The number of likely N-dealkylation sites (tertiary alicyclic amines) is 1. The molecule has 0 unspecified atom stereocenters. The molecule has 20 heavy (non-hydrogen) atoms. The van der Waals surface area contributed by atoms with Crippen LogP contribution in [0.25, 0.3) is 11.0 Å². The fraction of sp³-hybridized carbons (Fsp3) is 0.375. The zero-order valence-corrected chi connectivity index (χ0v) is 11.5. The molecule has 0 spiro atoms. The number of hydrogen-bond donors (Lipinski definition) is 0. The summed E-state index contributed by atoms with van der Waals surface area (Å²) in [6.45, 7) is 2.77. The van der Waals surface area contributed by atoms with E-state index in [4.69, 9.17) is 4.42 Å². The SMILES string of the molecule is C[C@H]1CCCCN1C(=O)c1cc(=O)c2ccccc2o1. The second-order valence-corrected chi connectivity index (χ2v) is 5.31. The number of carbonyl (C=O) groups excluding carboxylic acids is 1. The Kier molecular flexibility index (Phi) is 3.30. The number of fused-ring (bicyclic) bond motifs is 1. The second-order valence-electron chi connectivity index (χ2n) is 5.31. The molecule has 1 aromatic heterocycles. The van der Waals surface area contributed by atoms with Crippen LogP contribution in [-0.4, -0.2) is 23.4 Å². The summed E-state index contributed by atoms with van der Waals surface area (Å²) >= 11 is 0. The molecule has 2 heterocycles. The maximum absolute atomic E-state index is 12.5. The molecule has 1 aliphatic rings. The standard InChI is InChI=1S/C16H17NO3/c1-11-6-4-5-9-17(11)16(19)15-10-13(18)12-7-2-3-8-14(12)20-15/h2-3,7-8,10-11H,4-6,9H2,1H3/t11-/m0/s1. The van der Waals surface area contributed by atoms with Crippen LogP contribution in [0, 0.1) is 0 Å². The van der Waals surface area contributed by atoms with Crippen molar-refractivity contribution < 1.29 is 9.21 Å². The Labute approximate surface area is 117 Å². The van der Waals surface area contributed by atoms with E-state index in [9.17, 15) is 9.59 Å². The van der Waals surface area contributed by atoms with Gasteiger partial charge in [0.2, 0.25) is 0 Å². The third kappa shape index (κ3) is 2.22. The normalized spacial score (nSPS) is 19.2. The summed E-state index contributed by atoms with van der Waals surface area (Å²) in [5.74, 6) is -0.0393. The third-order valence-corrected chi connectivity index (χ3v) is 3.91. The molecule has 0 saturated carbocycles. The number of carbonyl (C=O) groups is 1. The maximum Gasteiger partial charge on any atom is 0.289 e. The van der Waals surface area contributed by atoms with Crippen molar-refractivity contribution in [2.45, 2.75) is 32.2 Å². The molecular formula is C16H17NO3. The van der Waals surface area contributed by atoms with Gasteiger partial charge in [0.25, 0.3) is 5.91 Å². The van der Waals surface area contributed by atoms with Crippen LogP contribution in [0.1, 0.15) is 36.7 Å². The first kappa shape index (κ1) is 12.9. The van der Waals surface area contributed by atoms with Gasteiger partial charge in [-0.25, -0.2) is 0 Å². The van der Waals surface area contributed by atoms with Gasteiger partial charge in [-0.15, -0.1) is 0 Å². The van der Waals surface area contributed by atoms with Crippen molar-refractivity contribution >= 4 is 16.9 Å². The Hall–Kier alpha value is -2.10. The van der Waals surface area contributed by atoms with Gasteiger partial charge in [-0.2, -0.15) is 0 Å². The first-order chi connectivity index (χ1) is 9.66. The van der Waals surface area contributed by atoms with Crippen LogP contribution >= 0.6 is 0 Å². The Bertz CT molecular complexity index is 704. The van der Waals surface area contributed by atoms with Crippen molar-refractivity contribution in [2.75, 3.05) is 6.54 Å². The highest BCUT2D eigenvalue weighted by atomic mass is 16.3. The van der Waals surface area contributed by atoms with E-state index in [-0.39, 0.29) is 23.1 Å². The molecule has 3 rings (SSSR count). The first-order valence-corrected chi connectivity index (χ1v) is 7.00. The molecule has 2 aromatic rings. The molecule has 1 aromatic carbocycles. The lowest BCUT2D eigenvalue weighted by atomic mass is 10.0. The average Bonchev–Trinajstić information content (AvgIpc) is 2.47. The molecule has 4 nitrogen and oxygen atoms in total. The van der Waals surface area contributed by atoms with E-state index in [0.717, 1.165) is 25.8 Å². The zero-order chi connectivity index (χ0) is 14.1. The molecule has 0 radical (unpaired) electrons. The largest absolute Gasteiger partial charge is 0.451 e. The van der Waals surface area contributed by atoms with Crippen LogP contribution < -0.4 is 5.43 Å². The monoisotopic (exact) mass is 271 g/mol. The molecule has 0 aliphatic carbocycles. The topological polar surface area (TPSA) is 50.5 Å². The predicted octanol–water partition coefficient (Wildman–Crippen LogP) is 2.81. The number of benzene rings is 1. The van der Waals surface area contributed by atoms with Crippen molar-refractivity contribution in [1.82, 2.24) is 4.90 Å². The Morgan fingerprint density at radius 3 is 2.90 bits per heavy atom. The van der Waals surface area contributed by atoms with Crippen molar-refractivity contribution in [1.29, 1.82) is 0 Å². The average molecular weight is 271 g/mol. The molecule has 1 amide bonds. The summed E-state index contributed by atoms with van der Waals surface area (Å²) < 4.78 is 5.61.